The molecule has 2 aromatic rings. The van der Waals surface area contributed by atoms with Gasteiger partial charge < -0.3 is 15.1 Å². The minimum Gasteiger partial charge on any atom is -0.352 e. The summed E-state index contributed by atoms with van der Waals surface area (Å²) >= 11 is 0. The number of nitrogens with zero attached hydrogens (tertiary/aromatic N) is 4. The molecule has 1 saturated carbocycles. The minimum absolute atomic E-state index is 0.0161. The molecule has 2 heterocycles. The molecular weight excluding hydrogens is 450 g/mol. The minimum atomic E-state index is -0.537. The molecule has 1 aliphatic heterocycles. The average Bonchev–Trinajstić information content (AvgIpc) is 3.44. The van der Waals surface area contributed by atoms with Gasteiger partial charge in [0.2, 0.25) is 11.9 Å². The third kappa shape index (κ3) is 6.23. The van der Waals surface area contributed by atoms with E-state index >= 15 is 0 Å². The van der Waals surface area contributed by atoms with E-state index in [0.29, 0.717) is 18.2 Å². The van der Waals surface area contributed by atoms with Gasteiger partial charge in [-0.3, -0.25) is 9.59 Å². The van der Waals surface area contributed by atoms with Gasteiger partial charge in [-0.15, -0.1) is 0 Å². The van der Waals surface area contributed by atoms with Crippen molar-refractivity contribution in [2.45, 2.75) is 84.2 Å². The smallest absolute Gasteiger partial charge is 0.273 e. The maximum Gasteiger partial charge on any atom is 0.273 e. The van der Waals surface area contributed by atoms with E-state index in [1.54, 1.807) is 11.0 Å². The summed E-state index contributed by atoms with van der Waals surface area (Å²) < 4.78 is 0. The summed E-state index contributed by atoms with van der Waals surface area (Å²) in [4.78, 5) is 41.1. The Hall–Kier alpha value is -2.96. The van der Waals surface area contributed by atoms with Crippen LogP contribution >= 0.6 is 0 Å². The fourth-order valence-corrected chi connectivity index (χ4v) is 5.45. The lowest BCUT2D eigenvalue weighted by atomic mass is 9.94. The van der Waals surface area contributed by atoms with Gasteiger partial charge in [0.15, 0.2) is 0 Å². The van der Waals surface area contributed by atoms with Crippen LogP contribution in [0.4, 0.5) is 5.95 Å². The zero-order valence-electron chi connectivity index (χ0n) is 22.1. The highest BCUT2D eigenvalue weighted by atomic mass is 16.2. The van der Waals surface area contributed by atoms with Crippen LogP contribution in [-0.4, -0.2) is 58.4 Å². The molecule has 0 bridgehead atoms. The molecule has 0 unspecified atom stereocenters. The molecule has 0 spiro atoms. The average molecular weight is 492 g/mol. The molecule has 7 nitrogen and oxygen atoms in total. The third-order valence-corrected chi connectivity index (χ3v) is 7.30. The summed E-state index contributed by atoms with van der Waals surface area (Å²) in [5, 5.41) is 3.27. The van der Waals surface area contributed by atoms with Crippen molar-refractivity contribution in [3.63, 3.8) is 0 Å². The molecular formula is C29H41N5O2. The van der Waals surface area contributed by atoms with Crippen molar-refractivity contribution >= 4 is 17.8 Å². The lowest BCUT2D eigenvalue weighted by molar-refractivity contribution is -0.128. The standard InChI is InChI=1S/C29H41N5O2/c1-4-17-34(26(21(2)3)27(35)30-23-15-9-6-10-16-23)28(36)25-20-24(22-13-7-5-8-14-22)31-29(32-25)33-18-11-12-19-33/h5,7-8,13-14,20-21,23,26H,4,6,9-12,15-19H2,1-3H3,(H,30,35)/t26-/m1/s1. The number of rotatable bonds is 9. The Morgan fingerprint density at radius 3 is 2.36 bits per heavy atom. The van der Waals surface area contributed by atoms with Gasteiger partial charge in [-0.25, -0.2) is 9.97 Å². The van der Waals surface area contributed by atoms with Crippen LogP contribution in [0.5, 0.6) is 0 Å². The van der Waals surface area contributed by atoms with Gasteiger partial charge in [0.1, 0.15) is 11.7 Å². The van der Waals surface area contributed by atoms with E-state index in [0.717, 1.165) is 69.3 Å². The van der Waals surface area contributed by atoms with Crippen LogP contribution in [0.1, 0.15) is 82.6 Å². The highest BCUT2D eigenvalue weighted by Gasteiger charge is 2.35. The van der Waals surface area contributed by atoms with Gasteiger partial charge in [-0.2, -0.15) is 0 Å². The number of nitrogens with one attached hydrogen (secondary N) is 1. The molecule has 1 aromatic heterocycles. The second kappa shape index (κ2) is 12.3. The van der Waals surface area contributed by atoms with Gasteiger partial charge in [-0.05, 0) is 44.1 Å². The summed E-state index contributed by atoms with van der Waals surface area (Å²) in [5.41, 5.74) is 2.04. The van der Waals surface area contributed by atoms with Crippen molar-refractivity contribution < 1.29 is 9.59 Å². The van der Waals surface area contributed by atoms with Crippen LogP contribution in [0.15, 0.2) is 36.4 Å². The Morgan fingerprint density at radius 2 is 1.72 bits per heavy atom. The van der Waals surface area contributed by atoms with Crippen LogP contribution in [0.3, 0.4) is 0 Å². The van der Waals surface area contributed by atoms with Crippen LogP contribution in [0, 0.1) is 5.92 Å². The fraction of sp³-hybridized carbons (Fsp3) is 0.586. The molecule has 36 heavy (non-hydrogen) atoms. The van der Waals surface area contributed by atoms with Gasteiger partial charge >= 0.3 is 0 Å². The summed E-state index contributed by atoms with van der Waals surface area (Å²) in [6, 6.07) is 11.4. The van der Waals surface area contributed by atoms with Crippen molar-refractivity contribution in [1.82, 2.24) is 20.2 Å². The van der Waals surface area contributed by atoms with E-state index < -0.39 is 6.04 Å². The molecule has 0 radical (unpaired) electrons. The van der Waals surface area contributed by atoms with Crippen molar-refractivity contribution in [3.8, 4) is 11.3 Å². The SMILES string of the molecule is CCCN(C(=O)c1cc(-c2ccccc2)nc(N2CCCC2)n1)[C@@H](C(=O)NC1CCCCC1)C(C)C. The zero-order valence-corrected chi connectivity index (χ0v) is 22.1. The first-order valence-corrected chi connectivity index (χ1v) is 13.8. The first-order valence-electron chi connectivity index (χ1n) is 13.8. The number of benzene rings is 1. The number of carbonyl (C=O) groups is 2. The van der Waals surface area contributed by atoms with Crippen LogP contribution in [0.25, 0.3) is 11.3 Å². The van der Waals surface area contributed by atoms with Gasteiger partial charge in [-0.1, -0.05) is 70.4 Å². The van der Waals surface area contributed by atoms with Gasteiger partial charge in [0.25, 0.3) is 5.91 Å². The van der Waals surface area contributed by atoms with Gasteiger partial charge in [0.05, 0.1) is 5.69 Å². The van der Waals surface area contributed by atoms with Crippen molar-refractivity contribution in [1.29, 1.82) is 0 Å². The summed E-state index contributed by atoms with van der Waals surface area (Å²) in [6.07, 6.45) is 8.53. The van der Waals surface area contributed by atoms with Crippen molar-refractivity contribution in [2.24, 2.45) is 5.92 Å². The third-order valence-electron chi connectivity index (χ3n) is 7.30. The fourth-order valence-electron chi connectivity index (χ4n) is 5.45. The molecule has 1 aliphatic carbocycles. The van der Waals surface area contributed by atoms with E-state index in [-0.39, 0.29) is 23.8 Å². The molecule has 1 atom stereocenters. The van der Waals surface area contributed by atoms with Crippen LogP contribution in [-0.2, 0) is 4.79 Å². The Kier molecular flexibility index (Phi) is 8.94. The highest BCUT2D eigenvalue weighted by molar-refractivity contribution is 5.97. The van der Waals surface area contributed by atoms with Crippen LogP contribution in [0.2, 0.25) is 0 Å². The molecule has 1 N–H and O–H groups in total. The molecule has 4 rings (SSSR count). The molecule has 2 aliphatic rings. The van der Waals surface area contributed by atoms with E-state index in [9.17, 15) is 9.59 Å². The normalized spacial score (nSPS) is 17.3. The summed E-state index contributed by atoms with van der Waals surface area (Å²) in [6.45, 7) is 8.37. The predicted octanol–water partition coefficient (Wildman–Crippen LogP) is 5.07. The van der Waals surface area contributed by atoms with E-state index in [2.05, 4.69) is 10.2 Å². The highest BCUT2D eigenvalue weighted by Crippen LogP contribution is 2.25. The predicted molar refractivity (Wildman–Crippen MR) is 144 cm³/mol. The number of amides is 2. The Morgan fingerprint density at radius 1 is 1.03 bits per heavy atom. The Bertz CT molecular complexity index is 1010. The topological polar surface area (TPSA) is 78.4 Å². The quantitative estimate of drug-likeness (QED) is 0.530. The zero-order chi connectivity index (χ0) is 25.5. The lowest BCUT2D eigenvalue weighted by Gasteiger charge is -2.35. The maximum atomic E-state index is 14.1. The molecule has 7 heteroatoms. The Balaban J connectivity index is 1.67. The van der Waals surface area contributed by atoms with Crippen molar-refractivity contribution in [2.75, 3.05) is 24.5 Å². The number of carbonyl (C=O) groups excluding carboxylic acids is 2. The number of anilines is 1. The monoisotopic (exact) mass is 491 g/mol. The van der Waals surface area contributed by atoms with E-state index in [4.69, 9.17) is 9.97 Å². The van der Waals surface area contributed by atoms with Crippen molar-refractivity contribution in [3.05, 3.63) is 42.1 Å². The van der Waals surface area contributed by atoms with E-state index in [1.807, 2.05) is 51.1 Å². The summed E-state index contributed by atoms with van der Waals surface area (Å²) in [5.74, 6) is 0.337. The van der Waals surface area contributed by atoms with Gasteiger partial charge in [0, 0.05) is 31.2 Å². The van der Waals surface area contributed by atoms with Crippen LogP contribution < -0.4 is 10.2 Å². The number of aromatic nitrogens is 2. The first-order chi connectivity index (χ1) is 17.5. The first kappa shape index (κ1) is 26.1. The number of hydrogen-bond donors (Lipinski definition) is 1. The van der Waals surface area contributed by atoms with E-state index in [1.165, 1.54) is 6.42 Å². The molecule has 2 fully saturated rings. The summed E-state index contributed by atoms with van der Waals surface area (Å²) in [7, 11) is 0. The molecule has 1 saturated heterocycles. The number of hydrogen-bond acceptors (Lipinski definition) is 5. The Labute approximate surface area is 215 Å². The molecule has 1 aromatic carbocycles. The second-order valence-electron chi connectivity index (χ2n) is 10.5. The largest absolute Gasteiger partial charge is 0.352 e. The maximum absolute atomic E-state index is 14.1. The second-order valence-corrected chi connectivity index (χ2v) is 10.5. The lowest BCUT2D eigenvalue weighted by Crippen LogP contribution is -2.54. The molecule has 2 amide bonds. The molecule has 194 valence electrons.